The molecule has 2 rings (SSSR count). The first-order chi connectivity index (χ1) is 9.22. The summed E-state index contributed by atoms with van der Waals surface area (Å²) in [7, 11) is 0. The summed E-state index contributed by atoms with van der Waals surface area (Å²) in [6.07, 6.45) is 6.98. The lowest BCUT2D eigenvalue weighted by Gasteiger charge is -2.17. The molecule has 0 aliphatic carbocycles. The smallest absolute Gasteiger partial charge is 0.0522 e. The Balaban J connectivity index is 2.13. The summed E-state index contributed by atoms with van der Waals surface area (Å²) in [5, 5.41) is 7.85. The summed E-state index contributed by atoms with van der Waals surface area (Å²) >= 11 is 0. The Morgan fingerprint density at radius 1 is 1.26 bits per heavy atom. The average Bonchev–Trinajstić information content (AvgIpc) is 2.87. The van der Waals surface area contributed by atoms with Crippen molar-refractivity contribution in [2.45, 2.75) is 39.8 Å². The Hall–Kier alpha value is -1.68. The lowest BCUT2D eigenvalue weighted by atomic mass is 10.0. The van der Waals surface area contributed by atoms with Crippen molar-refractivity contribution in [2.75, 3.05) is 6.54 Å². The van der Waals surface area contributed by atoms with Gasteiger partial charge in [0.2, 0.25) is 0 Å². The van der Waals surface area contributed by atoms with Crippen molar-refractivity contribution >= 4 is 0 Å². The van der Waals surface area contributed by atoms with Crippen molar-refractivity contribution in [3.63, 3.8) is 0 Å². The van der Waals surface area contributed by atoms with Crippen LogP contribution in [0.3, 0.4) is 0 Å². The largest absolute Gasteiger partial charge is 0.310 e. The summed E-state index contributed by atoms with van der Waals surface area (Å²) in [5.74, 6) is 0. The van der Waals surface area contributed by atoms with Gasteiger partial charge >= 0.3 is 0 Å². The minimum atomic E-state index is 0.299. The highest BCUT2D eigenvalue weighted by molar-refractivity contribution is 5.20. The van der Waals surface area contributed by atoms with Crippen LogP contribution in [-0.4, -0.2) is 21.3 Å². The predicted octanol–water partition coefficient (Wildman–Crippen LogP) is 2.50. The molecule has 102 valence electrons. The Labute approximate surface area is 114 Å². The van der Waals surface area contributed by atoms with Gasteiger partial charge in [-0.05, 0) is 44.0 Å². The number of nitrogens with one attached hydrogen (secondary N) is 1. The molecule has 1 atom stereocenters. The van der Waals surface area contributed by atoms with Crippen molar-refractivity contribution < 1.29 is 0 Å². The fourth-order valence-corrected chi connectivity index (χ4v) is 2.16. The first kappa shape index (κ1) is 13.7. The zero-order chi connectivity index (χ0) is 13.7. The molecule has 0 aliphatic heterocycles. The molecule has 0 aliphatic rings. The monoisotopic (exact) mass is 258 g/mol. The van der Waals surface area contributed by atoms with Crippen molar-refractivity contribution in [2.24, 2.45) is 0 Å². The van der Waals surface area contributed by atoms with E-state index in [2.05, 4.69) is 47.6 Å². The van der Waals surface area contributed by atoms with E-state index in [4.69, 9.17) is 0 Å². The van der Waals surface area contributed by atoms with Crippen LogP contribution in [0, 0.1) is 6.92 Å². The van der Waals surface area contributed by atoms with Crippen LogP contribution < -0.4 is 5.32 Å². The Bertz CT molecular complexity index is 501. The number of pyridine rings is 1. The van der Waals surface area contributed by atoms with Crippen LogP contribution in [0.5, 0.6) is 0 Å². The number of likely N-dealkylation sites (N-methyl/N-ethyl adjacent to an activating group) is 1. The maximum Gasteiger partial charge on any atom is 0.0522 e. The van der Waals surface area contributed by atoms with Gasteiger partial charge in [-0.1, -0.05) is 13.0 Å². The molecule has 2 aromatic heterocycles. The zero-order valence-corrected chi connectivity index (χ0v) is 11.9. The molecule has 0 amide bonds. The SMILES string of the molecule is CCNC(Cc1cnn(CC)c1)c1ccc(C)nc1. The number of rotatable bonds is 6. The molecule has 2 aromatic rings. The molecule has 2 heterocycles. The molecular formula is C15H22N4. The lowest BCUT2D eigenvalue weighted by molar-refractivity contribution is 0.547. The van der Waals surface area contributed by atoms with Gasteiger partial charge in [-0.3, -0.25) is 9.67 Å². The van der Waals surface area contributed by atoms with Crippen LogP contribution in [-0.2, 0) is 13.0 Å². The summed E-state index contributed by atoms with van der Waals surface area (Å²) in [6.45, 7) is 8.10. The van der Waals surface area contributed by atoms with Crippen molar-refractivity contribution in [3.8, 4) is 0 Å². The van der Waals surface area contributed by atoms with Gasteiger partial charge in [0.1, 0.15) is 0 Å². The van der Waals surface area contributed by atoms with E-state index in [1.54, 1.807) is 0 Å². The highest BCUT2D eigenvalue weighted by atomic mass is 15.3. The van der Waals surface area contributed by atoms with Crippen molar-refractivity contribution in [1.29, 1.82) is 0 Å². The third kappa shape index (κ3) is 3.64. The van der Waals surface area contributed by atoms with Crippen molar-refractivity contribution in [3.05, 3.63) is 47.5 Å². The maximum atomic E-state index is 4.38. The van der Waals surface area contributed by atoms with E-state index in [9.17, 15) is 0 Å². The molecule has 0 bridgehead atoms. The van der Waals surface area contributed by atoms with E-state index >= 15 is 0 Å². The van der Waals surface area contributed by atoms with Crippen LogP contribution in [0.2, 0.25) is 0 Å². The van der Waals surface area contributed by atoms with E-state index in [0.29, 0.717) is 6.04 Å². The van der Waals surface area contributed by atoms with E-state index in [0.717, 1.165) is 25.2 Å². The minimum absolute atomic E-state index is 0.299. The quantitative estimate of drug-likeness (QED) is 0.865. The molecule has 0 spiro atoms. The van der Waals surface area contributed by atoms with Crippen LogP contribution in [0.1, 0.15) is 36.7 Å². The lowest BCUT2D eigenvalue weighted by Crippen LogP contribution is -2.23. The van der Waals surface area contributed by atoms with Gasteiger partial charge in [0.15, 0.2) is 0 Å². The Morgan fingerprint density at radius 2 is 2.11 bits per heavy atom. The summed E-state index contributed by atoms with van der Waals surface area (Å²) in [6, 6.07) is 4.52. The van der Waals surface area contributed by atoms with E-state index in [1.165, 1.54) is 11.1 Å². The number of hydrogen-bond acceptors (Lipinski definition) is 3. The fourth-order valence-electron chi connectivity index (χ4n) is 2.16. The topological polar surface area (TPSA) is 42.7 Å². The molecule has 0 fully saturated rings. The molecular weight excluding hydrogens is 236 g/mol. The second kappa shape index (κ2) is 6.48. The van der Waals surface area contributed by atoms with E-state index in [-0.39, 0.29) is 0 Å². The highest BCUT2D eigenvalue weighted by Crippen LogP contribution is 2.17. The van der Waals surface area contributed by atoms with Crippen LogP contribution >= 0.6 is 0 Å². The number of nitrogens with zero attached hydrogens (tertiary/aromatic N) is 3. The third-order valence-corrected chi connectivity index (χ3v) is 3.24. The number of hydrogen-bond donors (Lipinski definition) is 1. The van der Waals surface area contributed by atoms with Crippen LogP contribution in [0.4, 0.5) is 0 Å². The van der Waals surface area contributed by atoms with Gasteiger partial charge in [-0.25, -0.2) is 0 Å². The van der Waals surface area contributed by atoms with Gasteiger partial charge < -0.3 is 5.32 Å². The molecule has 4 nitrogen and oxygen atoms in total. The van der Waals surface area contributed by atoms with Gasteiger partial charge in [0.05, 0.1) is 6.20 Å². The standard InChI is InChI=1S/C15H22N4/c1-4-16-15(14-7-6-12(3)17-10-14)8-13-9-18-19(5-2)11-13/h6-7,9-11,15-16H,4-5,8H2,1-3H3. The van der Waals surface area contributed by atoms with Crippen LogP contribution in [0.25, 0.3) is 0 Å². The molecule has 19 heavy (non-hydrogen) atoms. The molecule has 0 saturated carbocycles. The number of aryl methyl sites for hydroxylation is 2. The summed E-state index contributed by atoms with van der Waals surface area (Å²) in [4.78, 5) is 4.38. The van der Waals surface area contributed by atoms with Gasteiger partial charge in [-0.2, -0.15) is 5.10 Å². The van der Waals surface area contributed by atoms with Crippen molar-refractivity contribution in [1.82, 2.24) is 20.1 Å². The molecule has 1 unspecified atom stereocenters. The Morgan fingerprint density at radius 3 is 2.68 bits per heavy atom. The first-order valence-electron chi connectivity index (χ1n) is 6.90. The first-order valence-corrected chi connectivity index (χ1v) is 6.90. The van der Waals surface area contributed by atoms with E-state index < -0.39 is 0 Å². The van der Waals surface area contributed by atoms with Gasteiger partial charge in [-0.15, -0.1) is 0 Å². The molecule has 0 saturated heterocycles. The normalized spacial score (nSPS) is 12.6. The average molecular weight is 258 g/mol. The fraction of sp³-hybridized carbons (Fsp3) is 0.467. The highest BCUT2D eigenvalue weighted by Gasteiger charge is 2.12. The minimum Gasteiger partial charge on any atom is -0.310 e. The molecule has 4 heteroatoms. The van der Waals surface area contributed by atoms with E-state index in [1.807, 2.05) is 24.0 Å². The van der Waals surface area contributed by atoms with Gasteiger partial charge in [0.25, 0.3) is 0 Å². The Kier molecular flexibility index (Phi) is 4.68. The molecule has 1 N–H and O–H groups in total. The third-order valence-electron chi connectivity index (χ3n) is 3.24. The maximum absolute atomic E-state index is 4.38. The summed E-state index contributed by atoms with van der Waals surface area (Å²) < 4.78 is 1.96. The van der Waals surface area contributed by atoms with Gasteiger partial charge in [0, 0.05) is 30.7 Å². The second-order valence-electron chi connectivity index (χ2n) is 4.75. The molecule has 0 aromatic carbocycles. The molecule has 0 radical (unpaired) electrons. The second-order valence-corrected chi connectivity index (χ2v) is 4.75. The van der Waals surface area contributed by atoms with Crippen LogP contribution in [0.15, 0.2) is 30.7 Å². The summed E-state index contributed by atoms with van der Waals surface area (Å²) in [5.41, 5.74) is 3.54. The number of aromatic nitrogens is 3. The zero-order valence-electron chi connectivity index (χ0n) is 11.9. The predicted molar refractivity (Wildman–Crippen MR) is 77.0 cm³/mol.